The molecule has 2 rings (SSSR count). The molecule has 0 fully saturated rings. The van der Waals surface area contributed by atoms with Crippen LogP contribution in [0.1, 0.15) is 0 Å². The fourth-order valence-corrected chi connectivity index (χ4v) is 2.47. The van der Waals surface area contributed by atoms with Crippen LogP contribution in [0.5, 0.6) is 0 Å². The number of ketones is 1. The number of aromatic nitrogens is 2. The monoisotopic (exact) mass is 323 g/mol. The van der Waals surface area contributed by atoms with Crippen LogP contribution in [0.3, 0.4) is 0 Å². The number of methoxy groups -OCH3 is 1. The Morgan fingerprint density at radius 2 is 2.23 bits per heavy atom. The zero-order valence-electron chi connectivity index (χ0n) is 12.6. The van der Waals surface area contributed by atoms with Crippen LogP contribution in [-0.2, 0) is 16.6 Å². The lowest BCUT2D eigenvalue weighted by atomic mass is 10.1. The molecule has 0 spiro atoms. The number of carbonyl (C=O) groups excluding carboxylic acids is 1. The van der Waals surface area contributed by atoms with Crippen LogP contribution in [0.25, 0.3) is 0 Å². The molecule has 0 bridgehead atoms. The number of nitrogens with zero attached hydrogens (tertiary/aromatic N) is 5. The number of allylic oxidation sites excluding steroid dienone is 3. The quantitative estimate of drug-likeness (QED) is 0.600. The number of hydrogen-bond acceptors (Lipinski definition) is 8. The first-order valence-electron chi connectivity index (χ1n) is 6.51. The fourth-order valence-electron chi connectivity index (χ4n) is 1.64. The molecule has 0 saturated heterocycles. The summed E-state index contributed by atoms with van der Waals surface area (Å²) < 4.78 is 6.57. The van der Waals surface area contributed by atoms with Gasteiger partial charge in [-0.3, -0.25) is 4.79 Å². The Labute approximate surface area is 131 Å². The molecule has 0 unspecified atom stereocenters. The van der Waals surface area contributed by atoms with E-state index in [1.54, 1.807) is 17.8 Å². The summed E-state index contributed by atoms with van der Waals surface area (Å²) in [4.78, 5) is 13.9. The lowest BCUT2D eigenvalue weighted by Crippen LogP contribution is -2.21. The molecule has 8 nitrogen and oxygen atoms in total. The lowest BCUT2D eigenvalue weighted by Gasteiger charge is -2.11. The van der Waals surface area contributed by atoms with E-state index >= 15 is 0 Å². The van der Waals surface area contributed by atoms with Gasteiger partial charge < -0.3 is 14.7 Å². The van der Waals surface area contributed by atoms with Crippen LogP contribution in [-0.4, -0.2) is 53.7 Å². The van der Waals surface area contributed by atoms with Crippen molar-refractivity contribution in [3.63, 3.8) is 0 Å². The molecule has 1 N–H and O–H groups in total. The highest BCUT2D eigenvalue weighted by molar-refractivity contribution is 7.12. The van der Waals surface area contributed by atoms with Gasteiger partial charge in [0, 0.05) is 26.7 Å². The van der Waals surface area contributed by atoms with Gasteiger partial charge in [-0.15, -0.1) is 15.3 Å². The molecule has 0 amide bonds. The largest absolute Gasteiger partial charge is 0.493 e. The highest BCUT2D eigenvalue weighted by Crippen LogP contribution is 2.11. The molecule has 1 aromatic heterocycles. The van der Waals surface area contributed by atoms with Gasteiger partial charge in [0.2, 0.25) is 15.7 Å². The molecule has 9 heteroatoms. The molecule has 1 aliphatic rings. The van der Waals surface area contributed by atoms with E-state index in [2.05, 4.69) is 15.3 Å². The van der Waals surface area contributed by atoms with Crippen LogP contribution < -0.4 is 9.70 Å². The zero-order valence-corrected chi connectivity index (χ0v) is 13.4. The first-order valence-corrected chi connectivity index (χ1v) is 7.32. The Balaban J connectivity index is 2.27. The van der Waals surface area contributed by atoms with Crippen LogP contribution in [0.4, 0.5) is 5.13 Å². The average Bonchev–Trinajstić information content (AvgIpc) is 2.88. The van der Waals surface area contributed by atoms with E-state index in [0.717, 1.165) is 5.13 Å². The highest BCUT2D eigenvalue weighted by Gasteiger charge is 2.12. The first kappa shape index (κ1) is 16.1. The molecule has 118 valence electrons. The van der Waals surface area contributed by atoms with Crippen LogP contribution in [0.2, 0.25) is 0 Å². The van der Waals surface area contributed by atoms with Gasteiger partial charge in [0.25, 0.3) is 0 Å². The van der Waals surface area contributed by atoms with Gasteiger partial charge in [0.05, 0.1) is 19.4 Å². The maximum absolute atomic E-state index is 11.4. The molecule has 0 atom stereocenters. The summed E-state index contributed by atoms with van der Waals surface area (Å²) in [5.41, 5.74) is 0.523. The van der Waals surface area contributed by atoms with Crippen molar-refractivity contribution in [3.05, 3.63) is 28.8 Å². The summed E-state index contributed by atoms with van der Waals surface area (Å²) in [6.07, 6.45) is 4.50. The van der Waals surface area contributed by atoms with Crippen molar-refractivity contribution in [2.75, 3.05) is 32.2 Å². The number of rotatable bonds is 5. The van der Waals surface area contributed by atoms with E-state index in [1.807, 2.05) is 11.9 Å². The Morgan fingerprint density at radius 1 is 1.45 bits per heavy atom. The van der Waals surface area contributed by atoms with Gasteiger partial charge in [-0.1, -0.05) is 11.3 Å². The van der Waals surface area contributed by atoms with Crippen molar-refractivity contribution >= 4 is 28.0 Å². The number of aliphatic hydroxyl groups is 1. The summed E-state index contributed by atoms with van der Waals surface area (Å²) >= 11 is 1.35. The van der Waals surface area contributed by atoms with E-state index in [4.69, 9.17) is 9.84 Å². The van der Waals surface area contributed by atoms with Crippen molar-refractivity contribution < 1.29 is 14.6 Å². The molecule has 22 heavy (non-hydrogen) atoms. The molecule has 0 saturated carbocycles. The van der Waals surface area contributed by atoms with Crippen molar-refractivity contribution in [3.8, 4) is 0 Å². The van der Waals surface area contributed by atoms with Crippen LogP contribution in [0.15, 0.2) is 34.2 Å². The van der Waals surface area contributed by atoms with Gasteiger partial charge in [-0.05, 0) is 12.2 Å². The Morgan fingerprint density at radius 3 is 2.91 bits per heavy atom. The SMILES string of the molecule is COC1=CC(=NN=c2sc(N(C)CCO)nn2C)C=CC1=O. The van der Waals surface area contributed by atoms with E-state index in [1.165, 1.54) is 30.6 Å². The number of ether oxygens (including phenoxy) is 1. The van der Waals surface area contributed by atoms with Gasteiger partial charge in [-0.2, -0.15) is 0 Å². The van der Waals surface area contributed by atoms with E-state index in [9.17, 15) is 4.79 Å². The number of hydrogen-bond donors (Lipinski definition) is 1. The molecule has 0 aliphatic heterocycles. The van der Waals surface area contributed by atoms with Gasteiger partial charge in [0.1, 0.15) is 0 Å². The van der Waals surface area contributed by atoms with Gasteiger partial charge >= 0.3 is 0 Å². The predicted octanol–water partition coefficient (Wildman–Crippen LogP) is -0.164. The second-order valence-corrected chi connectivity index (χ2v) is 5.41. The van der Waals surface area contributed by atoms with Crippen molar-refractivity contribution in [2.24, 2.45) is 17.3 Å². The first-order chi connectivity index (χ1) is 10.5. The molecule has 0 radical (unpaired) electrons. The standard InChI is InChI=1S/C13H17N5O3S/c1-17(6-7-19)13-16-18(2)12(22-13)15-14-9-4-5-10(20)11(8-9)21-3/h4-5,8,19H,6-7H2,1-3H3. The van der Waals surface area contributed by atoms with Crippen molar-refractivity contribution in [2.45, 2.75) is 0 Å². The number of carbonyl (C=O) groups is 1. The Bertz CT molecular complexity index is 714. The van der Waals surface area contributed by atoms with Crippen molar-refractivity contribution in [1.29, 1.82) is 0 Å². The smallest absolute Gasteiger partial charge is 0.230 e. The summed E-state index contributed by atoms with van der Waals surface area (Å²) in [7, 11) is 5.04. The second kappa shape index (κ2) is 7.14. The normalized spacial score (nSPS) is 17.1. The third kappa shape index (κ3) is 3.68. The van der Waals surface area contributed by atoms with Crippen LogP contribution >= 0.6 is 11.3 Å². The topological polar surface area (TPSA) is 92.3 Å². The molecule has 1 aliphatic carbocycles. The minimum absolute atomic E-state index is 0.0536. The van der Waals surface area contributed by atoms with Gasteiger partial charge in [-0.25, -0.2) is 4.68 Å². The number of aryl methyl sites for hydroxylation is 1. The number of likely N-dealkylation sites (N-methyl/N-ethyl adjacent to an activating group) is 1. The fraction of sp³-hybridized carbons (Fsp3) is 0.385. The maximum Gasteiger partial charge on any atom is 0.230 e. The summed E-state index contributed by atoms with van der Waals surface area (Å²) in [6, 6.07) is 0. The number of aliphatic hydroxyl groups excluding tert-OH is 1. The average molecular weight is 323 g/mol. The predicted molar refractivity (Wildman–Crippen MR) is 83.7 cm³/mol. The minimum atomic E-state index is -0.197. The Hall–Kier alpha value is -2.26. The van der Waals surface area contributed by atoms with E-state index in [-0.39, 0.29) is 18.1 Å². The van der Waals surface area contributed by atoms with Gasteiger partial charge in [0.15, 0.2) is 5.76 Å². The van der Waals surface area contributed by atoms with Crippen molar-refractivity contribution in [1.82, 2.24) is 9.78 Å². The summed E-state index contributed by atoms with van der Waals surface area (Å²) in [6.45, 7) is 0.546. The maximum atomic E-state index is 11.4. The molecule has 1 heterocycles. The summed E-state index contributed by atoms with van der Waals surface area (Å²) in [5.74, 6) is 0.0335. The third-order valence-corrected chi connectivity index (χ3v) is 3.96. The summed E-state index contributed by atoms with van der Waals surface area (Å²) in [5, 5.41) is 22.2. The molecule has 1 aromatic rings. The molecular formula is C13H17N5O3S. The molecular weight excluding hydrogens is 306 g/mol. The van der Waals surface area contributed by atoms with E-state index in [0.29, 0.717) is 17.1 Å². The zero-order chi connectivity index (χ0) is 16.1. The Kier molecular flexibility index (Phi) is 5.23. The highest BCUT2D eigenvalue weighted by atomic mass is 32.1. The molecule has 0 aromatic carbocycles. The van der Waals surface area contributed by atoms with Crippen LogP contribution in [0, 0.1) is 0 Å². The lowest BCUT2D eigenvalue weighted by molar-refractivity contribution is -0.114. The minimum Gasteiger partial charge on any atom is -0.493 e. The third-order valence-electron chi connectivity index (χ3n) is 2.86. The second-order valence-electron chi connectivity index (χ2n) is 4.47. The van der Waals surface area contributed by atoms with E-state index < -0.39 is 0 Å². The number of anilines is 1.